The number of benzene rings is 1. The molecule has 0 amide bonds. The van der Waals surface area contributed by atoms with E-state index in [1.165, 1.54) is 17.4 Å². The van der Waals surface area contributed by atoms with Crippen LogP contribution in [0.4, 0.5) is 14.5 Å². The highest BCUT2D eigenvalue weighted by Gasteiger charge is 2.36. The Bertz CT molecular complexity index is 1220. The zero-order valence-electron chi connectivity index (χ0n) is 16.7. The summed E-state index contributed by atoms with van der Waals surface area (Å²) in [5.74, 6) is -1.13. The van der Waals surface area contributed by atoms with Crippen LogP contribution >= 0.6 is 22.2 Å². The van der Waals surface area contributed by atoms with E-state index in [9.17, 15) is 0 Å². The Balaban J connectivity index is 1.75. The molecule has 0 aliphatic carbocycles. The predicted octanol–water partition coefficient (Wildman–Crippen LogP) is 5.37. The van der Waals surface area contributed by atoms with Crippen molar-refractivity contribution in [2.24, 2.45) is 0 Å². The summed E-state index contributed by atoms with van der Waals surface area (Å²) < 4.78 is 31.4. The Labute approximate surface area is 180 Å². The first-order chi connectivity index (χ1) is 14.5. The lowest BCUT2D eigenvalue weighted by Gasteiger charge is -2.36. The van der Waals surface area contributed by atoms with Crippen LogP contribution in [0.2, 0.25) is 0 Å². The summed E-state index contributed by atoms with van der Waals surface area (Å²) in [5, 5.41) is 0.661. The number of thiazole rings is 1. The van der Waals surface area contributed by atoms with Crippen LogP contribution in [0.5, 0.6) is 0 Å². The summed E-state index contributed by atoms with van der Waals surface area (Å²) >= 11 is 1.24. The summed E-state index contributed by atoms with van der Waals surface area (Å²) in [6.07, 6.45) is 6.73. The second-order valence-corrected chi connectivity index (χ2v) is 10.4. The van der Waals surface area contributed by atoms with Gasteiger partial charge in [0.1, 0.15) is 11.3 Å². The van der Waals surface area contributed by atoms with E-state index in [1.807, 2.05) is 6.08 Å². The van der Waals surface area contributed by atoms with E-state index in [1.54, 1.807) is 17.8 Å². The third-order valence-corrected chi connectivity index (χ3v) is 9.22. The molecule has 0 radical (unpaired) electrons. The minimum absolute atomic E-state index is 0.0632. The van der Waals surface area contributed by atoms with Crippen molar-refractivity contribution >= 4 is 44.2 Å². The van der Waals surface area contributed by atoms with Gasteiger partial charge in [0, 0.05) is 34.9 Å². The van der Waals surface area contributed by atoms with Crippen molar-refractivity contribution in [1.82, 2.24) is 14.9 Å². The zero-order valence-corrected chi connectivity index (χ0v) is 18.4. The Morgan fingerprint density at radius 2 is 2.17 bits per heavy atom. The number of anilines is 1. The molecule has 3 aromatic rings. The number of nitrogens with zero attached hydrogens (tertiary/aromatic N) is 3. The number of halogens is 2. The predicted molar refractivity (Wildman–Crippen MR) is 121 cm³/mol. The third kappa shape index (κ3) is 2.89. The van der Waals surface area contributed by atoms with Crippen molar-refractivity contribution in [3.05, 3.63) is 57.6 Å². The number of thiol groups is 1. The van der Waals surface area contributed by atoms with Gasteiger partial charge in [0.2, 0.25) is 0 Å². The maximum atomic E-state index is 15.6. The van der Waals surface area contributed by atoms with Crippen LogP contribution in [-0.4, -0.2) is 34.0 Å². The third-order valence-electron chi connectivity index (χ3n) is 5.94. The van der Waals surface area contributed by atoms with Gasteiger partial charge in [-0.15, -0.1) is 22.2 Å². The van der Waals surface area contributed by atoms with Crippen LogP contribution in [0, 0.1) is 11.6 Å². The van der Waals surface area contributed by atoms with Gasteiger partial charge < -0.3 is 5.73 Å². The van der Waals surface area contributed by atoms with E-state index in [0.29, 0.717) is 15.4 Å². The molecule has 0 fully saturated rings. The van der Waals surface area contributed by atoms with Crippen LogP contribution in [0.3, 0.4) is 0 Å². The molecule has 156 valence electrons. The summed E-state index contributed by atoms with van der Waals surface area (Å²) in [6.45, 7) is 6.19. The van der Waals surface area contributed by atoms with Gasteiger partial charge in [0.05, 0.1) is 20.1 Å². The van der Waals surface area contributed by atoms with E-state index in [0.717, 1.165) is 35.6 Å². The molecule has 0 saturated heterocycles. The van der Waals surface area contributed by atoms with Gasteiger partial charge in [-0.1, -0.05) is 13.0 Å². The van der Waals surface area contributed by atoms with Gasteiger partial charge in [-0.05, 0) is 43.7 Å². The van der Waals surface area contributed by atoms with Crippen LogP contribution in [0.1, 0.15) is 25.8 Å². The molecular formula is C22H22F2N4S2. The van der Waals surface area contributed by atoms with Gasteiger partial charge in [-0.2, -0.15) is 0 Å². The van der Waals surface area contributed by atoms with Crippen LogP contribution in [0.25, 0.3) is 16.3 Å². The van der Waals surface area contributed by atoms with Gasteiger partial charge in [-0.25, -0.2) is 13.8 Å². The minimum Gasteiger partial charge on any atom is -0.398 e. The molecular weight excluding hydrogens is 422 g/mol. The van der Waals surface area contributed by atoms with Gasteiger partial charge in [0.15, 0.2) is 5.82 Å². The standard InChI is InChI=1S/C22H22F2N4S2/c1-3-28-8-4-5-13(12(28)2)18-9-14-16(25)6-7-26-22(14)30(18)21-15(23)10-17-20(19(21)24)27-11-29-17/h5-7,9-12,30H,3-4,8H2,1-2H3,(H2,25,26). The maximum Gasteiger partial charge on any atom is 0.165 e. The molecule has 2 atom stereocenters. The van der Waals surface area contributed by atoms with Crippen molar-refractivity contribution in [3.8, 4) is 0 Å². The first kappa shape index (κ1) is 19.7. The first-order valence-corrected chi connectivity index (χ1v) is 12.1. The Hall–Kier alpha value is -2.29. The minimum atomic E-state index is -1.52. The average molecular weight is 445 g/mol. The smallest absolute Gasteiger partial charge is 0.165 e. The molecule has 0 saturated carbocycles. The fourth-order valence-electron chi connectivity index (χ4n) is 4.38. The molecule has 1 aromatic carbocycles. The lowest BCUT2D eigenvalue weighted by molar-refractivity contribution is 0.240. The van der Waals surface area contributed by atoms with Crippen LogP contribution < -0.4 is 5.73 Å². The summed E-state index contributed by atoms with van der Waals surface area (Å²) in [4.78, 5) is 12.1. The van der Waals surface area contributed by atoms with Gasteiger partial charge in [-0.3, -0.25) is 9.88 Å². The molecule has 2 aliphatic rings. The molecule has 2 aromatic heterocycles. The lowest BCUT2D eigenvalue weighted by atomic mass is 10.00. The summed E-state index contributed by atoms with van der Waals surface area (Å²) in [6, 6.07) is 3.29. The lowest BCUT2D eigenvalue weighted by Crippen LogP contribution is -2.38. The zero-order chi connectivity index (χ0) is 21.0. The van der Waals surface area contributed by atoms with Crippen molar-refractivity contribution in [2.45, 2.75) is 36.2 Å². The molecule has 8 heteroatoms. The van der Waals surface area contributed by atoms with Crippen LogP contribution in [-0.2, 0) is 0 Å². The van der Waals surface area contributed by atoms with E-state index < -0.39 is 22.5 Å². The largest absolute Gasteiger partial charge is 0.398 e. The Morgan fingerprint density at radius 3 is 2.97 bits per heavy atom. The van der Waals surface area contributed by atoms with E-state index in [-0.39, 0.29) is 16.5 Å². The number of rotatable bonds is 3. The molecule has 2 aliphatic heterocycles. The molecule has 2 N–H and O–H groups in total. The number of likely N-dealkylation sites (N-methyl/N-ethyl adjacent to an activating group) is 1. The number of hydrogen-bond donors (Lipinski definition) is 2. The number of hydrogen-bond acceptors (Lipinski definition) is 5. The van der Waals surface area contributed by atoms with Crippen molar-refractivity contribution in [1.29, 1.82) is 0 Å². The monoisotopic (exact) mass is 444 g/mol. The molecule has 0 spiro atoms. The van der Waals surface area contributed by atoms with Crippen molar-refractivity contribution in [2.75, 3.05) is 18.8 Å². The van der Waals surface area contributed by atoms with E-state index >= 15 is 8.78 Å². The molecule has 5 rings (SSSR count). The molecule has 30 heavy (non-hydrogen) atoms. The SMILES string of the molecule is CCN1CCC=C(C2=Cc3c(N)ccnc3[SH]2c2c(F)cc3scnc3c2F)C1C. The van der Waals surface area contributed by atoms with Crippen molar-refractivity contribution in [3.63, 3.8) is 0 Å². The summed E-state index contributed by atoms with van der Waals surface area (Å²) in [7, 11) is -1.52. The molecule has 2 unspecified atom stereocenters. The fourth-order valence-corrected chi connectivity index (χ4v) is 7.75. The van der Waals surface area contributed by atoms with Gasteiger partial charge in [0.25, 0.3) is 0 Å². The molecule has 4 heterocycles. The Kier molecular flexibility index (Phi) is 4.88. The van der Waals surface area contributed by atoms with E-state index in [4.69, 9.17) is 5.73 Å². The summed E-state index contributed by atoms with van der Waals surface area (Å²) in [5.41, 5.74) is 10.5. The van der Waals surface area contributed by atoms with Crippen molar-refractivity contribution < 1.29 is 8.78 Å². The topological polar surface area (TPSA) is 55.0 Å². The number of aromatic nitrogens is 2. The van der Waals surface area contributed by atoms with Crippen LogP contribution in [0.15, 0.2) is 50.3 Å². The highest BCUT2D eigenvalue weighted by molar-refractivity contribution is 8.21. The molecule has 0 bridgehead atoms. The average Bonchev–Trinajstić information content (AvgIpc) is 3.34. The van der Waals surface area contributed by atoms with E-state index in [2.05, 4.69) is 34.8 Å². The quantitative estimate of drug-likeness (QED) is 0.534. The first-order valence-electron chi connectivity index (χ1n) is 9.93. The normalized spacial score (nSPS) is 22.8. The number of nitrogen functional groups attached to an aromatic ring is 1. The second kappa shape index (κ2) is 7.44. The highest BCUT2D eigenvalue weighted by Crippen LogP contribution is 2.62. The second-order valence-electron chi connectivity index (χ2n) is 7.48. The fraction of sp³-hybridized carbons (Fsp3) is 0.273. The maximum absolute atomic E-state index is 15.6. The van der Waals surface area contributed by atoms with Gasteiger partial charge >= 0.3 is 0 Å². The Morgan fingerprint density at radius 1 is 1.33 bits per heavy atom. The number of nitrogens with two attached hydrogens (primary N) is 1. The number of fused-ring (bicyclic) bond motifs is 2. The highest BCUT2D eigenvalue weighted by atomic mass is 32.2. The molecule has 4 nitrogen and oxygen atoms in total. The number of pyridine rings is 1.